The van der Waals surface area contributed by atoms with Crippen molar-refractivity contribution in [3.63, 3.8) is 0 Å². The van der Waals surface area contributed by atoms with Crippen LogP contribution in [-0.2, 0) is 11.2 Å². The van der Waals surface area contributed by atoms with Gasteiger partial charge < -0.3 is 20.7 Å². The van der Waals surface area contributed by atoms with Crippen molar-refractivity contribution in [2.45, 2.75) is 13.3 Å². The van der Waals surface area contributed by atoms with E-state index in [9.17, 15) is 9.59 Å². The first kappa shape index (κ1) is 20.9. The molecule has 0 aliphatic carbocycles. The number of nitrogens with one attached hydrogen (secondary N) is 3. The zero-order valence-electron chi connectivity index (χ0n) is 17.1. The van der Waals surface area contributed by atoms with Crippen molar-refractivity contribution < 1.29 is 14.3 Å². The summed E-state index contributed by atoms with van der Waals surface area (Å²) in [6.45, 7) is 2.09. The second kappa shape index (κ2) is 10.1. The van der Waals surface area contributed by atoms with Crippen LogP contribution in [0.4, 0.5) is 17.1 Å². The Balaban J connectivity index is 1.64. The van der Waals surface area contributed by atoms with E-state index in [1.54, 1.807) is 37.4 Å². The third-order valence-electron chi connectivity index (χ3n) is 4.61. The number of hydrogen-bond donors (Lipinski definition) is 3. The van der Waals surface area contributed by atoms with Crippen LogP contribution in [0.2, 0.25) is 0 Å². The number of anilines is 3. The summed E-state index contributed by atoms with van der Waals surface area (Å²) in [5.41, 5.74) is 3.56. The lowest BCUT2D eigenvalue weighted by atomic mass is 10.1. The Morgan fingerprint density at radius 1 is 0.833 bits per heavy atom. The van der Waals surface area contributed by atoms with Crippen LogP contribution in [0, 0.1) is 0 Å². The summed E-state index contributed by atoms with van der Waals surface area (Å²) in [7, 11) is 1.55. The number of methoxy groups -OCH3 is 1. The van der Waals surface area contributed by atoms with Crippen LogP contribution in [0.5, 0.6) is 5.75 Å². The van der Waals surface area contributed by atoms with Gasteiger partial charge in [0.1, 0.15) is 5.75 Å². The van der Waals surface area contributed by atoms with E-state index in [0.29, 0.717) is 22.7 Å². The van der Waals surface area contributed by atoms with Crippen LogP contribution in [0.3, 0.4) is 0 Å². The van der Waals surface area contributed by atoms with Gasteiger partial charge in [-0.3, -0.25) is 9.59 Å². The highest BCUT2D eigenvalue weighted by Crippen LogP contribution is 2.23. The van der Waals surface area contributed by atoms with Gasteiger partial charge in [-0.2, -0.15) is 0 Å². The molecule has 0 saturated carbocycles. The van der Waals surface area contributed by atoms with Gasteiger partial charge in [-0.05, 0) is 48.4 Å². The van der Waals surface area contributed by atoms with E-state index in [1.807, 2.05) is 42.5 Å². The third-order valence-corrected chi connectivity index (χ3v) is 4.61. The molecule has 3 N–H and O–H groups in total. The van der Waals surface area contributed by atoms with Gasteiger partial charge in [0.05, 0.1) is 24.9 Å². The quantitative estimate of drug-likeness (QED) is 0.515. The maximum atomic E-state index is 12.7. The zero-order chi connectivity index (χ0) is 21.3. The van der Waals surface area contributed by atoms with Crippen LogP contribution in [0.25, 0.3) is 0 Å². The molecule has 0 atom stereocenters. The van der Waals surface area contributed by atoms with Gasteiger partial charge in [-0.15, -0.1) is 0 Å². The normalized spacial score (nSPS) is 10.2. The predicted octanol–water partition coefficient (Wildman–Crippen LogP) is 4.56. The standard InChI is InChI=1S/C24H25N3O3/c1-3-17-12-14-18(15-13-17)26-24(29)19-8-4-5-9-20(19)25-16-23(28)27-21-10-6-7-11-22(21)30-2/h4-15,25H,3,16H2,1-2H3,(H,26,29)(H,27,28). The van der Waals surface area contributed by atoms with E-state index in [-0.39, 0.29) is 18.4 Å². The lowest BCUT2D eigenvalue weighted by Gasteiger charge is -2.13. The molecule has 6 nitrogen and oxygen atoms in total. The molecule has 0 aliphatic rings. The molecular formula is C24H25N3O3. The van der Waals surface area contributed by atoms with E-state index >= 15 is 0 Å². The highest BCUT2D eigenvalue weighted by atomic mass is 16.5. The van der Waals surface area contributed by atoms with E-state index in [4.69, 9.17) is 4.74 Å². The fraction of sp³-hybridized carbons (Fsp3) is 0.167. The van der Waals surface area contributed by atoms with Gasteiger partial charge in [0.25, 0.3) is 5.91 Å². The fourth-order valence-corrected chi connectivity index (χ4v) is 2.98. The lowest BCUT2D eigenvalue weighted by Crippen LogP contribution is -2.23. The Hall–Kier alpha value is -3.80. The average Bonchev–Trinajstić information content (AvgIpc) is 2.78. The summed E-state index contributed by atoms with van der Waals surface area (Å²) in [6, 6.07) is 22.0. The monoisotopic (exact) mass is 403 g/mol. The molecular weight excluding hydrogens is 378 g/mol. The molecule has 154 valence electrons. The number of aryl methyl sites for hydroxylation is 1. The van der Waals surface area contributed by atoms with Crippen molar-refractivity contribution >= 4 is 28.9 Å². The molecule has 0 heterocycles. The van der Waals surface area contributed by atoms with Crippen molar-refractivity contribution in [1.82, 2.24) is 0 Å². The van der Waals surface area contributed by atoms with Gasteiger partial charge in [0, 0.05) is 11.4 Å². The smallest absolute Gasteiger partial charge is 0.257 e. The first-order valence-corrected chi connectivity index (χ1v) is 9.76. The van der Waals surface area contributed by atoms with Gasteiger partial charge in [0.15, 0.2) is 0 Å². The van der Waals surface area contributed by atoms with Gasteiger partial charge in [-0.25, -0.2) is 0 Å². The Labute approximate surface area is 176 Å². The third kappa shape index (κ3) is 5.38. The van der Waals surface area contributed by atoms with Crippen molar-refractivity contribution in [2.75, 3.05) is 29.6 Å². The van der Waals surface area contributed by atoms with E-state index in [2.05, 4.69) is 22.9 Å². The Bertz CT molecular complexity index is 1020. The largest absolute Gasteiger partial charge is 0.495 e. The van der Waals surface area contributed by atoms with Crippen molar-refractivity contribution in [1.29, 1.82) is 0 Å². The first-order valence-electron chi connectivity index (χ1n) is 9.76. The summed E-state index contributed by atoms with van der Waals surface area (Å²) in [5.74, 6) is 0.0945. The second-order valence-corrected chi connectivity index (χ2v) is 6.65. The fourth-order valence-electron chi connectivity index (χ4n) is 2.98. The van der Waals surface area contributed by atoms with Crippen molar-refractivity contribution in [3.8, 4) is 5.75 Å². The maximum absolute atomic E-state index is 12.7. The predicted molar refractivity (Wildman–Crippen MR) is 120 cm³/mol. The summed E-state index contributed by atoms with van der Waals surface area (Å²) in [4.78, 5) is 25.1. The molecule has 0 bridgehead atoms. The average molecular weight is 403 g/mol. The minimum absolute atomic E-state index is 0.00748. The molecule has 3 aromatic carbocycles. The molecule has 0 radical (unpaired) electrons. The molecule has 3 rings (SSSR count). The number of ether oxygens (including phenoxy) is 1. The number of amides is 2. The molecule has 0 aliphatic heterocycles. The number of carbonyl (C=O) groups excluding carboxylic acids is 2. The molecule has 0 fully saturated rings. The first-order chi connectivity index (χ1) is 14.6. The molecule has 0 saturated heterocycles. The number of rotatable bonds is 8. The topological polar surface area (TPSA) is 79.5 Å². The molecule has 30 heavy (non-hydrogen) atoms. The molecule has 0 unspecified atom stereocenters. The summed E-state index contributed by atoms with van der Waals surface area (Å²) in [5, 5.41) is 8.74. The molecule has 0 aromatic heterocycles. The summed E-state index contributed by atoms with van der Waals surface area (Å²) >= 11 is 0. The van der Waals surface area contributed by atoms with Crippen LogP contribution in [0.15, 0.2) is 72.8 Å². The summed E-state index contributed by atoms with van der Waals surface area (Å²) in [6.07, 6.45) is 0.942. The second-order valence-electron chi connectivity index (χ2n) is 6.65. The molecule has 6 heteroatoms. The Morgan fingerprint density at radius 3 is 2.20 bits per heavy atom. The number of carbonyl (C=O) groups is 2. The zero-order valence-corrected chi connectivity index (χ0v) is 17.1. The van der Waals surface area contributed by atoms with Gasteiger partial charge in [0.2, 0.25) is 5.91 Å². The molecule has 2 amide bonds. The van der Waals surface area contributed by atoms with Crippen molar-refractivity contribution in [2.24, 2.45) is 0 Å². The number of benzene rings is 3. The number of hydrogen-bond acceptors (Lipinski definition) is 4. The van der Waals surface area contributed by atoms with Gasteiger partial charge in [-0.1, -0.05) is 43.3 Å². The lowest BCUT2D eigenvalue weighted by molar-refractivity contribution is -0.114. The Kier molecular flexibility index (Phi) is 7.05. The van der Waals surface area contributed by atoms with Crippen LogP contribution < -0.4 is 20.7 Å². The van der Waals surface area contributed by atoms with Crippen LogP contribution in [-0.4, -0.2) is 25.5 Å². The van der Waals surface area contributed by atoms with Gasteiger partial charge >= 0.3 is 0 Å². The minimum atomic E-state index is -0.245. The molecule has 3 aromatic rings. The van der Waals surface area contributed by atoms with Crippen LogP contribution >= 0.6 is 0 Å². The van der Waals surface area contributed by atoms with Crippen LogP contribution in [0.1, 0.15) is 22.8 Å². The number of para-hydroxylation sites is 3. The van der Waals surface area contributed by atoms with E-state index in [0.717, 1.165) is 12.1 Å². The van der Waals surface area contributed by atoms with E-state index in [1.165, 1.54) is 5.56 Å². The highest BCUT2D eigenvalue weighted by molar-refractivity contribution is 6.08. The SMILES string of the molecule is CCc1ccc(NC(=O)c2ccccc2NCC(=O)Nc2ccccc2OC)cc1. The van der Waals surface area contributed by atoms with E-state index < -0.39 is 0 Å². The minimum Gasteiger partial charge on any atom is -0.495 e. The Morgan fingerprint density at radius 2 is 1.50 bits per heavy atom. The summed E-state index contributed by atoms with van der Waals surface area (Å²) < 4.78 is 5.24. The molecule has 0 spiro atoms. The van der Waals surface area contributed by atoms with Crippen molar-refractivity contribution in [3.05, 3.63) is 83.9 Å². The highest BCUT2D eigenvalue weighted by Gasteiger charge is 2.13. The maximum Gasteiger partial charge on any atom is 0.257 e.